The van der Waals surface area contributed by atoms with Gasteiger partial charge in [-0.25, -0.2) is 0 Å². The standard InChI is InChI=1S/C27H29NO4/c1-29-22-11-9-20(25(16-22)30-2)10-12-24-23-17-26(31-3)27(15-21(23)13-14-28-24)32-18-19-7-5-4-6-8-19/h4-12,15-17,24,28H,13-14,18H2,1-3H3. The highest BCUT2D eigenvalue weighted by Crippen LogP contribution is 2.37. The van der Waals surface area contributed by atoms with E-state index in [0.29, 0.717) is 6.61 Å². The molecule has 0 saturated heterocycles. The summed E-state index contributed by atoms with van der Waals surface area (Å²) >= 11 is 0. The molecule has 0 fully saturated rings. The van der Waals surface area contributed by atoms with Crippen molar-refractivity contribution in [2.75, 3.05) is 27.9 Å². The number of nitrogens with one attached hydrogen (secondary N) is 1. The minimum absolute atomic E-state index is 0.0719. The minimum Gasteiger partial charge on any atom is -0.497 e. The van der Waals surface area contributed by atoms with E-state index in [4.69, 9.17) is 18.9 Å². The van der Waals surface area contributed by atoms with Crippen LogP contribution in [0.1, 0.15) is 28.3 Å². The van der Waals surface area contributed by atoms with Crippen molar-refractivity contribution in [1.82, 2.24) is 5.32 Å². The second-order valence-corrected chi connectivity index (χ2v) is 7.62. The van der Waals surface area contributed by atoms with Crippen molar-refractivity contribution in [3.05, 3.63) is 89.0 Å². The van der Waals surface area contributed by atoms with Gasteiger partial charge in [0.25, 0.3) is 0 Å². The molecule has 0 spiro atoms. The summed E-state index contributed by atoms with van der Waals surface area (Å²) < 4.78 is 22.6. The predicted molar refractivity (Wildman–Crippen MR) is 127 cm³/mol. The third-order valence-electron chi connectivity index (χ3n) is 5.67. The monoisotopic (exact) mass is 431 g/mol. The lowest BCUT2D eigenvalue weighted by Gasteiger charge is -2.26. The van der Waals surface area contributed by atoms with Gasteiger partial charge in [-0.05, 0) is 47.4 Å². The summed E-state index contributed by atoms with van der Waals surface area (Å²) in [7, 11) is 5.00. The van der Waals surface area contributed by atoms with Crippen molar-refractivity contribution >= 4 is 6.08 Å². The first-order valence-corrected chi connectivity index (χ1v) is 10.7. The van der Waals surface area contributed by atoms with Gasteiger partial charge in [0.2, 0.25) is 0 Å². The normalized spacial score (nSPS) is 15.3. The van der Waals surface area contributed by atoms with Gasteiger partial charge >= 0.3 is 0 Å². The van der Waals surface area contributed by atoms with Crippen LogP contribution in [-0.4, -0.2) is 27.9 Å². The largest absolute Gasteiger partial charge is 0.497 e. The molecule has 0 aliphatic carbocycles. The van der Waals surface area contributed by atoms with E-state index in [1.165, 1.54) is 11.1 Å². The lowest BCUT2D eigenvalue weighted by atomic mass is 9.93. The van der Waals surface area contributed by atoms with Crippen LogP contribution in [0.15, 0.2) is 66.7 Å². The number of hydrogen-bond donors (Lipinski definition) is 1. The third-order valence-corrected chi connectivity index (χ3v) is 5.67. The molecule has 166 valence electrons. The second kappa shape index (κ2) is 10.2. The molecule has 32 heavy (non-hydrogen) atoms. The van der Waals surface area contributed by atoms with Gasteiger partial charge in [0, 0.05) is 18.2 Å². The molecule has 1 atom stereocenters. The summed E-state index contributed by atoms with van der Waals surface area (Å²) in [5.74, 6) is 3.06. The summed E-state index contributed by atoms with van der Waals surface area (Å²) in [6.07, 6.45) is 5.18. The van der Waals surface area contributed by atoms with E-state index in [-0.39, 0.29) is 6.04 Å². The van der Waals surface area contributed by atoms with Gasteiger partial charge in [-0.3, -0.25) is 0 Å². The smallest absolute Gasteiger partial charge is 0.161 e. The van der Waals surface area contributed by atoms with E-state index in [9.17, 15) is 0 Å². The summed E-state index contributed by atoms with van der Waals surface area (Å²) in [4.78, 5) is 0. The first-order valence-electron chi connectivity index (χ1n) is 10.7. The molecule has 3 aromatic carbocycles. The van der Waals surface area contributed by atoms with E-state index < -0.39 is 0 Å². The topological polar surface area (TPSA) is 49.0 Å². The zero-order valence-corrected chi connectivity index (χ0v) is 18.8. The average molecular weight is 432 g/mol. The van der Waals surface area contributed by atoms with E-state index >= 15 is 0 Å². The molecular weight excluding hydrogens is 402 g/mol. The molecule has 3 aromatic rings. The van der Waals surface area contributed by atoms with E-state index in [1.54, 1.807) is 21.3 Å². The second-order valence-electron chi connectivity index (χ2n) is 7.62. The molecule has 1 aliphatic heterocycles. The maximum atomic E-state index is 6.11. The van der Waals surface area contributed by atoms with E-state index in [1.807, 2.05) is 36.4 Å². The molecule has 0 aromatic heterocycles. The van der Waals surface area contributed by atoms with Gasteiger partial charge in [0.15, 0.2) is 11.5 Å². The van der Waals surface area contributed by atoms with Gasteiger partial charge in [-0.15, -0.1) is 0 Å². The first-order chi connectivity index (χ1) is 15.7. The molecule has 5 heteroatoms. The zero-order chi connectivity index (χ0) is 22.3. The van der Waals surface area contributed by atoms with Gasteiger partial charge in [0.05, 0.1) is 27.4 Å². The molecule has 1 heterocycles. The van der Waals surface area contributed by atoms with Crippen molar-refractivity contribution in [3.8, 4) is 23.0 Å². The minimum atomic E-state index is 0.0719. The Hall–Kier alpha value is -3.44. The maximum Gasteiger partial charge on any atom is 0.161 e. The summed E-state index contributed by atoms with van der Waals surface area (Å²) in [5.41, 5.74) is 4.59. The van der Waals surface area contributed by atoms with E-state index in [2.05, 4.69) is 41.7 Å². The predicted octanol–water partition coefficient (Wildman–Crippen LogP) is 5.19. The molecule has 0 radical (unpaired) electrons. The Balaban J connectivity index is 1.57. The Morgan fingerprint density at radius 2 is 1.69 bits per heavy atom. The van der Waals surface area contributed by atoms with Crippen LogP contribution in [0, 0.1) is 0 Å². The highest BCUT2D eigenvalue weighted by atomic mass is 16.5. The van der Waals surface area contributed by atoms with Crippen LogP contribution in [0.5, 0.6) is 23.0 Å². The van der Waals surface area contributed by atoms with Crippen LogP contribution in [0.4, 0.5) is 0 Å². The summed E-state index contributed by atoms with van der Waals surface area (Å²) in [5, 5.41) is 3.59. The summed E-state index contributed by atoms with van der Waals surface area (Å²) in [6, 6.07) is 20.3. The van der Waals surface area contributed by atoms with Gasteiger partial charge in [-0.1, -0.05) is 42.5 Å². The molecule has 0 bridgehead atoms. The van der Waals surface area contributed by atoms with Crippen LogP contribution in [0.2, 0.25) is 0 Å². The van der Waals surface area contributed by atoms with Crippen molar-refractivity contribution in [1.29, 1.82) is 0 Å². The summed E-state index contributed by atoms with van der Waals surface area (Å²) in [6.45, 7) is 1.40. The Labute approximate surface area is 189 Å². The van der Waals surface area contributed by atoms with Gasteiger partial charge in [-0.2, -0.15) is 0 Å². The molecule has 0 saturated carbocycles. The fourth-order valence-corrected chi connectivity index (χ4v) is 3.93. The van der Waals surface area contributed by atoms with Gasteiger partial charge < -0.3 is 24.3 Å². The first kappa shape index (κ1) is 21.8. The molecule has 5 nitrogen and oxygen atoms in total. The number of fused-ring (bicyclic) bond motifs is 1. The molecule has 1 N–H and O–H groups in total. The van der Waals surface area contributed by atoms with Crippen molar-refractivity contribution in [2.45, 2.75) is 19.1 Å². The van der Waals surface area contributed by atoms with Crippen molar-refractivity contribution < 1.29 is 18.9 Å². The van der Waals surface area contributed by atoms with E-state index in [0.717, 1.165) is 47.1 Å². The average Bonchev–Trinajstić information content (AvgIpc) is 2.86. The maximum absolute atomic E-state index is 6.11. The molecule has 1 aliphatic rings. The highest BCUT2D eigenvalue weighted by molar-refractivity contribution is 5.61. The fraction of sp³-hybridized carbons (Fsp3) is 0.259. The Kier molecular flexibility index (Phi) is 6.97. The van der Waals surface area contributed by atoms with Crippen LogP contribution >= 0.6 is 0 Å². The Morgan fingerprint density at radius 1 is 0.875 bits per heavy atom. The lowest BCUT2D eigenvalue weighted by Crippen LogP contribution is -2.28. The SMILES string of the molecule is COc1ccc(C=CC2NCCc3cc(OCc4ccccc4)c(OC)cc32)c(OC)c1. The molecule has 4 rings (SSSR count). The quantitative estimate of drug-likeness (QED) is 0.532. The van der Waals surface area contributed by atoms with Crippen LogP contribution < -0.4 is 24.3 Å². The lowest BCUT2D eigenvalue weighted by molar-refractivity contribution is 0.283. The van der Waals surface area contributed by atoms with Crippen LogP contribution in [0.3, 0.4) is 0 Å². The number of benzene rings is 3. The van der Waals surface area contributed by atoms with Crippen molar-refractivity contribution in [2.24, 2.45) is 0 Å². The Morgan fingerprint density at radius 3 is 2.44 bits per heavy atom. The number of ether oxygens (including phenoxy) is 4. The molecular formula is C27H29NO4. The van der Waals surface area contributed by atoms with Crippen LogP contribution in [-0.2, 0) is 13.0 Å². The molecule has 0 amide bonds. The van der Waals surface area contributed by atoms with Crippen molar-refractivity contribution in [3.63, 3.8) is 0 Å². The fourth-order valence-electron chi connectivity index (χ4n) is 3.93. The number of methoxy groups -OCH3 is 3. The third kappa shape index (κ3) is 4.89. The Bertz CT molecular complexity index is 1080. The molecule has 1 unspecified atom stereocenters. The number of rotatable bonds is 8. The van der Waals surface area contributed by atoms with Crippen LogP contribution in [0.25, 0.3) is 6.08 Å². The van der Waals surface area contributed by atoms with Gasteiger partial charge in [0.1, 0.15) is 18.1 Å². The number of hydrogen-bond acceptors (Lipinski definition) is 5. The zero-order valence-electron chi connectivity index (χ0n) is 18.8. The highest BCUT2D eigenvalue weighted by Gasteiger charge is 2.21.